The highest BCUT2D eigenvalue weighted by Crippen LogP contribution is 2.16. The molecule has 0 fully saturated rings. The van der Waals surface area contributed by atoms with Crippen LogP contribution < -0.4 is 11.1 Å². The third-order valence-electron chi connectivity index (χ3n) is 1.84. The molecule has 0 aromatic heterocycles. The first kappa shape index (κ1) is 10.5. The zero-order valence-corrected chi connectivity index (χ0v) is 8.21. The van der Waals surface area contributed by atoms with Gasteiger partial charge in [0.2, 0.25) is 5.91 Å². The Labute approximate surface area is 83.6 Å². The monoisotopic (exact) mass is 190 g/mol. The van der Waals surface area contributed by atoms with E-state index < -0.39 is 0 Å². The summed E-state index contributed by atoms with van der Waals surface area (Å²) in [7, 11) is 0. The maximum Gasteiger partial charge on any atom is 0.221 e. The van der Waals surface area contributed by atoms with Gasteiger partial charge >= 0.3 is 0 Å². The van der Waals surface area contributed by atoms with E-state index in [1.54, 1.807) is 0 Å². The van der Waals surface area contributed by atoms with Crippen molar-refractivity contribution in [2.75, 3.05) is 11.9 Å². The summed E-state index contributed by atoms with van der Waals surface area (Å²) in [5.41, 5.74) is 8.05. The van der Waals surface area contributed by atoms with Gasteiger partial charge in [-0.2, -0.15) is 0 Å². The van der Waals surface area contributed by atoms with E-state index in [0.29, 0.717) is 6.54 Å². The van der Waals surface area contributed by atoms with Gasteiger partial charge in [0.1, 0.15) is 0 Å². The largest absolute Gasteiger partial charge is 0.326 e. The first-order valence-corrected chi connectivity index (χ1v) is 4.39. The van der Waals surface area contributed by atoms with Crippen LogP contribution >= 0.6 is 0 Å². The van der Waals surface area contributed by atoms with Crippen molar-refractivity contribution in [3.05, 3.63) is 36.4 Å². The minimum absolute atomic E-state index is 0.0829. The van der Waals surface area contributed by atoms with Crippen molar-refractivity contribution in [1.29, 1.82) is 0 Å². The zero-order chi connectivity index (χ0) is 10.6. The van der Waals surface area contributed by atoms with Crippen LogP contribution in [0.1, 0.15) is 12.5 Å². The van der Waals surface area contributed by atoms with E-state index in [2.05, 4.69) is 11.9 Å². The maximum atomic E-state index is 10.8. The second kappa shape index (κ2) is 4.58. The Kier molecular flexibility index (Phi) is 3.42. The number of hydrogen-bond donors (Lipinski definition) is 2. The van der Waals surface area contributed by atoms with Gasteiger partial charge < -0.3 is 11.1 Å². The van der Waals surface area contributed by atoms with Gasteiger partial charge in [-0.15, -0.1) is 0 Å². The highest BCUT2D eigenvalue weighted by atomic mass is 16.1. The minimum atomic E-state index is -0.0829. The van der Waals surface area contributed by atoms with Crippen LogP contribution in [0.4, 0.5) is 5.69 Å². The molecule has 1 aromatic rings. The molecule has 0 aliphatic heterocycles. The fourth-order valence-corrected chi connectivity index (χ4v) is 1.14. The van der Waals surface area contributed by atoms with E-state index in [4.69, 9.17) is 5.73 Å². The molecule has 14 heavy (non-hydrogen) atoms. The number of anilines is 1. The molecular formula is C11H14N2O. The normalized spacial score (nSPS) is 9.57. The Morgan fingerprint density at radius 3 is 2.86 bits per heavy atom. The molecule has 0 aliphatic carbocycles. The van der Waals surface area contributed by atoms with Crippen molar-refractivity contribution in [3.8, 4) is 0 Å². The number of rotatable bonds is 3. The molecule has 0 spiro atoms. The molecule has 0 saturated heterocycles. The lowest BCUT2D eigenvalue weighted by atomic mass is 10.1. The predicted octanol–water partition coefficient (Wildman–Crippen LogP) is 1.62. The van der Waals surface area contributed by atoms with E-state index in [-0.39, 0.29) is 5.91 Å². The molecule has 3 N–H and O–H groups in total. The van der Waals surface area contributed by atoms with Gasteiger partial charge in [0.25, 0.3) is 0 Å². The summed E-state index contributed by atoms with van der Waals surface area (Å²) in [4.78, 5) is 10.8. The summed E-state index contributed by atoms with van der Waals surface area (Å²) < 4.78 is 0. The average molecular weight is 190 g/mol. The van der Waals surface area contributed by atoms with Crippen LogP contribution in [0.25, 0.3) is 5.57 Å². The number of nitrogens with two attached hydrogens (primary N) is 1. The smallest absolute Gasteiger partial charge is 0.221 e. The summed E-state index contributed by atoms with van der Waals surface area (Å²) in [5, 5.41) is 2.70. The van der Waals surface area contributed by atoms with Crippen molar-refractivity contribution >= 4 is 17.2 Å². The van der Waals surface area contributed by atoms with Crippen LogP contribution in [0.5, 0.6) is 0 Å². The zero-order valence-electron chi connectivity index (χ0n) is 8.21. The molecular weight excluding hydrogens is 176 g/mol. The number of amides is 1. The molecule has 1 aromatic carbocycles. The van der Waals surface area contributed by atoms with Gasteiger partial charge in [-0.1, -0.05) is 18.7 Å². The van der Waals surface area contributed by atoms with Crippen molar-refractivity contribution in [2.45, 2.75) is 6.92 Å². The molecule has 0 saturated carbocycles. The third-order valence-corrected chi connectivity index (χ3v) is 1.84. The molecule has 0 aliphatic rings. The molecule has 3 heteroatoms. The number of carbonyl (C=O) groups excluding carboxylic acids is 1. The molecule has 0 heterocycles. The second-order valence-electron chi connectivity index (χ2n) is 3.07. The van der Waals surface area contributed by atoms with Gasteiger partial charge in [0.05, 0.1) is 0 Å². The average Bonchev–Trinajstić information content (AvgIpc) is 2.16. The topological polar surface area (TPSA) is 55.1 Å². The number of benzene rings is 1. The summed E-state index contributed by atoms with van der Waals surface area (Å²) in [6, 6.07) is 7.47. The molecule has 0 unspecified atom stereocenters. The molecule has 1 amide bonds. The van der Waals surface area contributed by atoms with E-state index in [1.165, 1.54) is 6.92 Å². The maximum absolute atomic E-state index is 10.8. The van der Waals surface area contributed by atoms with Crippen LogP contribution in [0, 0.1) is 0 Å². The summed E-state index contributed by atoms with van der Waals surface area (Å²) in [5.74, 6) is -0.0829. The van der Waals surface area contributed by atoms with Gasteiger partial charge in [0.15, 0.2) is 0 Å². The molecule has 0 atom stereocenters. The number of carbonyl (C=O) groups is 1. The Bertz CT molecular complexity index is 358. The van der Waals surface area contributed by atoms with E-state index in [9.17, 15) is 4.79 Å². The number of hydrogen-bond acceptors (Lipinski definition) is 2. The van der Waals surface area contributed by atoms with Crippen LogP contribution in [-0.4, -0.2) is 12.5 Å². The van der Waals surface area contributed by atoms with Crippen molar-refractivity contribution < 1.29 is 4.79 Å². The summed E-state index contributed by atoms with van der Waals surface area (Å²) in [6.07, 6.45) is 0. The Hall–Kier alpha value is -1.61. The third kappa shape index (κ3) is 2.71. The Morgan fingerprint density at radius 1 is 1.57 bits per heavy atom. The lowest BCUT2D eigenvalue weighted by Gasteiger charge is -2.06. The van der Waals surface area contributed by atoms with Crippen LogP contribution in [-0.2, 0) is 4.79 Å². The highest BCUT2D eigenvalue weighted by Gasteiger charge is 1.99. The van der Waals surface area contributed by atoms with Crippen LogP contribution in [0.2, 0.25) is 0 Å². The second-order valence-corrected chi connectivity index (χ2v) is 3.07. The Balaban J connectivity index is 2.89. The quantitative estimate of drug-likeness (QED) is 0.761. The van der Waals surface area contributed by atoms with Crippen molar-refractivity contribution in [1.82, 2.24) is 0 Å². The standard InChI is InChI=1S/C11H14N2O/c1-8(7-12)10-4-3-5-11(6-10)13-9(2)14/h3-6H,1,7,12H2,2H3,(H,13,14). The lowest BCUT2D eigenvalue weighted by molar-refractivity contribution is -0.114. The van der Waals surface area contributed by atoms with Gasteiger partial charge in [-0.05, 0) is 23.3 Å². The van der Waals surface area contributed by atoms with Gasteiger partial charge in [-0.3, -0.25) is 4.79 Å². The molecule has 1 rings (SSSR count). The van der Waals surface area contributed by atoms with E-state index in [1.807, 2.05) is 24.3 Å². The first-order chi connectivity index (χ1) is 6.63. The van der Waals surface area contributed by atoms with Crippen molar-refractivity contribution in [3.63, 3.8) is 0 Å². The highest BCUT2D eigenvalue weighted by molar-refractivity contribution is 5.89. The Morgan fingerprint density at radius 2 is 2.29 bits per heavy atom. The first-order valence-electron chi connectivity index (χ1n) is 4.39. The van der Waals surface area contributed by atoms with Crippen molar-refractivity contribution in [2.24, 2.45) is 5.73 Å². The van der Waals surface area contributed by atoms with Gasteiger partial charge in [0, 0.05) is 19.2 Å². The molecule has 0 bridgehead atoms. The van der Waals surface area contributed by atoms with E-state index in [0.717, 1.165) is 16.8 Å². The van der Waals surface area contributed by atoms with Crippen LogP contribution in [0.15, 0.2) is 30.8 Å². The number of nitrogens with one attached hydrogen (secondary N) is 1. The summed E-state index contributed by atoms with van der Waals surface area (Å²) in [6.45, 7) is 5.72. The molecule has 74 valence electrons. The van der Waals surface area contributed by atoms with Crippen LogP contribution in [0.3, 0.4) is 0 Å². The molecule has 3 nitrogen and oxygen atoms in total. The van der Waals surface area contributed by atoms with E-state index >= 15 is 0 Å². The predicted molar refractivity (Wildman–Crippen MR) is 58.8 cm³/mol. The minimum Gasteiger partial charge on any atom is -0.326 e. The molecule has 0 radical (unpaired) electrons. The summed E-state index contributed by atoms with van der Waals surface area (Å²) >= 11 is 0. The lowest BCUT2D eigenvalue weighted by Crippen LogP contribution is -2.06. The van der Waals surface area contributed by atoms with Gasteiger partial charge in [-0.25, -0.2) is 0 Å². The fourth-order valence-electron chi connectivity index (χ4n) is 1.14. The SMILES string of the molecule is C=C(CN)c1cccc(NC(C)=O)c1. The fraction of sp³-hybridized carbons (Fsp3) is 0.182.